The number of rotatable bonds is 4. The first-order chi connectivity index (χ1) is 8.58. The minimum atomic E-state index is -0.967. The number of carboxylic acid groups (broad SMARTS) is 1. The third kappa shape index (κ3) is 2.88. The molecule has 0 aliphatic rings. The van der Waals surface area contributed by atoms with E-state index in [1.807, 2.05) is 0 Å². The van der Waals surface area contributed by atoms with E-state index in [-0.39, 0.29) is 11.4 Å². The van der Waals surface area contributed by atoms with Gasteiger partial charge in [0, 0.05) is 4.47 Å². The van der Waals surface area contributed by atoms with Crippen LogP contribution >= 0.6 is 27.7 Å². The van der Waals surface area contributed by atoms with Crippen LogP contribution in [0, 0.1) is 5.82 Å². The fourth-order valence-electron chi connectivity index (χ4n) is 1.29. The van der Waals surface area contributed by atoms with Crippen molar-refractivity contribution in [1.29, 1.82) is 0 Å². The summed E-state index contributed by atoms with van der Waals surface area (Å²) in [5.41, 5.74) is 0.274. The molecule has 1 aromatic carbocycles. The molecule has 8 heteroatoms. The van der Waals surface area contributed by atoms with Crippen LogP contribution < -0.4 is 0 Å². The van der Waals surface area contributed by atoms with E-state index in [9.17, 15) is 9.18 Å². The maximum absolute atomic E-state index is 13.8. The van der Waals surface area contributed by atoms with E-state index >= 15 is 0 Å². The van der Waals surface area contributed by atoms with E-state index in [1.54, 1.807) is 12.1 Å². The molecule has 1 N–H and O–H groups in total. The predicted molar refractivity (Wildman–Crippen MR) is 67.4 cm³/mol. The van der Waals surface area contributed by atoms with Crippen LogP contribution in [0.2, 0.25) is 0 Å². The van der Waals surface area contributed by atoms with Crippen molar-refractivity contribution in [1.82, 2.24) is 14.8 Å². The molecule has 0 spiro atoms. The second kappa shape index (κ2) is 5.49. The van der Waals surface area contributed by atoms with Gasteiger partial charge in [-0.2, -0.15) is 0 Å². The first-order valence-corrected chi connectivity index (χ1v) is 6.56. The average molecular weight is 332 g/mol. The average Bonchev–Trinajstić information content (AvgIpc) is 2.74. The van der Waals surface area contributed by atoms with Crippen LogP contribution in [0.1, 0.15) is 0 Å². The van der Waals surface area contributed by atoms with Gasteiger partial charge in [-0.3, -0.25) is 9.36 Å². The van der Waals surface area contributed by atoms with Gasteiger partial charge in [-0.05, 0) is 18.2 Å². The van der Waals surface area contributed by atoms with Crippen LogP contribution in [0.3, 0.4) is 0 Å². The summed E-state index contributed by atoms with van der Waals surface area (Å²) in [6.07, 6.45) is 1.34. The number of aliphatic carboxylic acids is 1. The van der Waals surface area contributed by atoms with Crippen molar-refractivity contribution in [2.75, 3.05) is 5.75 Å². The highest BCUT2D eigenvalue weighted by Crippen LogP contribution is 2.23. The molecule has 0 radical (unpaired) electrons. The molecular weight excluding hydrogens is 325 g/mol. The first kappa shape index (κ1) is 13.0. The van der Waals surface area contributed by atoms with Crippen molar-refractivity contribution < 1.29 is 14.3 Å². The Morgan fingerprint density at radius 1 is 1.56 bits per heavy atom. The Balaban J connectivity index is 2.33. The van der Waals surface area contributed by atoms with Crippen molar-refractivity contribution >= 4 is 33.7 Å². The Morgan fingerprint density at radius 2 is 2.33 bits per heavy atom. The second-order valence-electron chi connectivity index (χ2n) is 3.26. The molecule has 18 heavy (non-hydrogen) atoms. The van der Waals surface area contributed by atoms with Gasteiger partial charge in [-0.1, -0.05) is 27.7 Å². The van der Waals surface area contributed by atoms with Crippen LogP contribution in [-0.2, 0) is 4.79 Å². The summed E-state index contributed by atoms with van der Waals surface area (Å²) in [7, 11) is 0. The Kier molecular flexibility index (Phi) is 3.97. The molecule has 94 valence electrons. The fourth-order valence-corrected chi connectivity index (χ4v) is 2.27. The number of benzene rings is 1. The normalized spacial score (nSPS) is 10.6. The third-order valence-corrected chi connectivity index (χ3v) is 3.43. The lowest BCUT2D eigenvalue weighted by Gasteiger charge is -2.06. The molecule has 2 aromatic rings. The van der Waals surface area contributed by atoms with Crippen molar-refractivity contribution in [2.45, 2.75) is 5.16 Å². The highest BCUT2D eigenvalue weighted by molar-refractivity contribution is 9.10. The molecule has 0 bridgehead atoms. The number of nitrogens with zero attached hydrogens (tertiary/aromatic N) is 3. The summed E-state index contributed by atoms with van der Waals surface area (Å²) in [5, 5.41) is 16.4. The molecule has 0 amide bonds. The molecule has 0 saturated heterocycles. The van der Waals surface area contributed by atoms with Crippen LogP contribution in [0.25, 0.3) is 5.69 Å². The van der Waals surface area contributed by atoms with Gasteiger partial charge in [0.25, 0.3) is 0 Å². The lowest BCUT2D eigenvalue weighted by Crippen LogP contribution is -2.02. The van der Waals surface area contributed by atoms with E-state index in [4.69, 9.17) is 5.11 Å². The molecule has 1 heterocycles. The zero-order valence-corrected chi connectivity index (χ0v) is 11.3. The number of carbonyl (C=O) groups is 1. The number of hydrogen-bond donors (Lipinski definition) is 1. The van der Waals surface area contributed by atoms with Gasteiger partial charge in [-0.15, -0.1) is 10.2 Å². The smallest absolute Gasteiger partial charge is 0.313 e. The summed E-state index contributed by atoms with van der Waals surface area (Å²) in [5.74, 6) is -1.57. The lowest BCUT2D eigenvalue weighted by atomic mass is 10.3. The van der Waals surface area contributed by atoms with Crippen LogP contribution in [-0.4, -0.2) is 31.6 Å². The summed E-state index contributed by atoms with van der Waals surface area (Å²) in [4.78, 5) is 10.5. The highest BCUT2D eigenvalue weighted by Gasteiger charge is 2.12. The minimum absolute atomic E-state index is 0.156. The molecule has 5 nitrogen and oxygen atoms in total. The fraction of sp³-hybridized carbons (Fsp3) is 0.100. The van der Waals surface area contributed by atoms with Crippen molar-refractivity contribution in [2.24, 2.45) is 0 Å². The molecule has 0 atom stereocenters. The molecule has 1 aromatic heterocycles. The van der Waals surface area contributed by atoms with Gasteiger partial charge >= 0.3 is 5.97 Å². The lowest BCUT2D eigenvalue weighted by molar-refractivity contribution is -0.133. The third-order valence-electron chi connectivity index (χ3n) is 2.01. The molecule has 0 unspecified atom stereocenters. The Morgan fingerprint density at radius 3 is 3.00 bits per heavy atom. The predicted octanol–water partition coefficient (Wildman–Crippen LogP) is 2.35. The quantitative estimate of drug-likeness (QED) is 0.871. The van der Waals surface area contributed by atoms with E-state index in [0.29, 0.717) is 9.63 Å². The minimum Gasteiger partial charge on any atom is -0.481 e. The monoisotopic (exact) mass is 331 g/mol. The topological polar surface area (TPSA) is 68.0 Å². The number of hydrogen-bond acceptors (Lipinski definition) is 4. The maximum atomic E-state index is 13.8. The molecule has 0 saturated carbocycles. The highest BCUT2D eigenvalue weighted by atomic mass is 79.9. The van der Waals surface area contributed by atoms with Crippen molar-refractivity contribution in [3.05, 3.63) is 34.8 Å². The van der Waals surface area contributed by atoms with Crippen LogP contribution in [0.5, 0.6) is 0 Å². The van der Waals surface area contributed by atoms with E-state index in [0.717, 1.165) is 11.8 Å². The molecule has 2 rings (SSSR count). The van der Waals surface area contributed by atoms with Crippen LogP contribution in [0.4, 0.5) is 4.39 Å². The summed E-state index contributed by atoms with van der Waals surface area (Å²) in [6, 6.07) is 4.57. The van der Waals surface area contributed by atoms with E-state index in [1.165, 1.54) is 17.0 Å². The van der Waals surface area contributed by atoms with E-state index < -0.39 is 11.8 Å². The number of halogens is 2. The van der Waals surface area contributed by atoms with Gasteiger partial charge < -0.3 is 5.11 Å². The molecule has 0 fully saturated rings. The summed E-state index contributed by atoms with van der Waals surface area (Å²) < 4.78 is 15.8. The molecular formula is C10H7BrFN3O2S. The Hall–Kier alpha value is -1.41. The van der Waals surface area contributed by atoms with Gasteiger partial charge in [0.1, 0.15) is 12.1 Å². The molecule has 0 aliphatic heterocycles. The van der Waals surface area contributed by atoms with Gasteiger partial charge in [0.05, 0.1) is 11.4 Å². The number of aromatic nitrogens is 3. The number of thioether (sulfide) groups is 1. The number of carboxylic acids is 1. The summed E-state index contributed by atoms with van der Waals surface area (Å²) >= 11 is 4.15. The van der Waals surface area contributed by atoms with Crippen molar-refractivity contribution in [3.8, 4) is 5.69 Å². The van der Waals surface area contributed by atoms with Gasteiger partial charge in [0.15, 0.2) is 5.16 Å². The van der Waals surface area contributed by atoms with Gasteiger partial charge in [0.2, 0.25) is 0 Å². The van der Waals surface area contributed by atoms with Crippen molar-refractivity contribution in [3.63, 3.8) is 0 Å². The largest absolute Gasteiger partial charge is 0.481 e. The zero-order chi connectivity index (χ0) is 13.1. The first-order valence-electron chi connectivity index (χ1n) is 4.78. The molecule has 0 aliphatic carbocycles. The maximum Gasteiger partial charge on any atom is 0.313 e. The SMILES string of the molecule is O=C(O)CSc1nncn1-c1ccc(Br)cc1F. The van der Waals surface area contributed by atoms with E-state index in [2.05, 4.69) is 26.1 Å². The standard InChI is InChI=1S/C10H7BrFN3O2S/c11-6-1-2-8(7(12)3-6)15-5-13-14-10(15)18-4-9(16)17/h1-3,5H,4H2,(H,16,17). The Bertz CT molecular complexity index is 590. The second-order valence-corrected chi connectivity index (χ2v) is 5.12. The summed E-state index contributed by atoms with van der Waals surface area (Å²) in [6.45, 7) is 0. The zero-order valence-electron chi connectivity index (χ0n) is 8.88. The van der Waals surface area contributed by atoms with Crippen LogP contribution in [0.15, 0.2) is 34.2 Å². The van der Waals surface area contributed by atoms with Gasteiger partial charge in [-0.25, -0.2) is 4.39 Å². The Labute approximate surface area is 114 Å².